The molecule has 0 fully saturated rings. The van der Waals surface area contributed by atoms with Gasteiger partial charge in [0.15, 0.2) is 11.6 Å². The summed E-state index contributed by atoms with van der Waals surface area (Å²) in [6.45, 7) is 3.77. The van der Waals surface area contributed by atoms with E-state index in [-0.39, 0.29) is 11.6 Å². The van der Waals surface area contributed by atoms with E-state index in [1.165, 1.54) is 0 Å². The average molecular weight is 266 g/mol. The van der Waals surface area contributed by atoms with Crippen LogP contribution in [0.5, 0.6) is 5.75 Å². The lowest BCUT2D eigenvalue weighted by molar-refractivity contribution is 0.0978. The molecule has 0 saturated carbocycles. The lowest BCUT2D eigenvalue weighted by atomic mass is 9.82. The van der Waals surface area contributed by atoms with Gasteiger partial charge in [-0.05, 0) is 37.6 Å². The number of carbonyl (C=O) groups excluding carboxylic acids is 2. The number of hydrogen-bond acceptors (Lipinski definition) is 3. The minimum absolute atomic E-state index is 0.0969. The molecule has 0 radical (unpaired) electrons. The standard InChI is InChI=1S/C17H14O3/c1-9-4-5-11-12(6-9)17(19)14-8-15(20-3)10(2)7-13(14)16(11)18/h4-8H,1-3H3. The van der Waals surface area contributed by atoms with Gasteiger partial charge in [0.05, 0.1) is 7.11 Å². The molecule has 0 spiro atoms. The highest BCUT2D eigenvalue weighted by molar-refractivity contribution is 6.28. The van der Waals surface area contributed by atoms with Crippen LogP contribution in [0.25, 0.3) is 0 Å². The Labute approximate surface area is 117 Å². The quantitative estimate of drug-likeness (QED) is 0.679. The van der Waals surface area contributed by atoms with Gasteiger partial charge in [0.2, 0.25) is 0 Å². The van der Waals surface area contributed by atoms with E-state index in [0.717, 1.165) is 11.1 Å². The molecular weight excluding hydrogens is 252 g/mol. The second-order valence-electron chi connectivity index (χ2n) is 5.07. The van der Waals surface area contributed by atoms with Crippen LogP contribution in [0.2, 0.25) is 0 Å². The van der Waals surface area contributed by atoms with Crippen molar-refractivity contribution in [1.82, 2.24) is 0 Å². The molecule has 0 aliphatic heterocycles. The van der Waals surface area contributed by atoms with E-state index in [4.69, 9.17) is 4.74 Å². The van der Waals surface area contributed by atoms with Crippen molar-refractivity contribution in [2.45, 2.75) is 13.8 Å². The van der Waals surface area contributed by atoms with Crippen LogP contribution in [-0.2, 0) is 0 Å². The predicted octanol–water partition coefficient (Wildman–Crippen LogP) is 3.09. The third-order valence-electron chi connectivity index (χ3n) is 3.69. The molecule has 0 atom stereocenters. The normalized spacial score (nSPS) is 12.9. The Morgan fingerprint density at radius 2 is 1.40 bits per heavy atom. The molecule has 3 heteroatoms. The number of rotatable bonds is 1. The first-order chi connectivity index (χ1) is 9.52. The largest absolute Gasteiger partial charge is 0.496 e. The molecule has 1 aliphatic rings. The first kappa shape index (κ1) is 12.6. The minimum Gasteiger partial charge on any atom is -0.496 e. The second kappa shape index (κ2) is 4.30. The van der Waals surface area contributed by atoms with E-state index in [2.05, 4.69) is 0 Å². The summed E-state index contributed by atoms with van der Waals surface area (Å²) in [4.78, 5) is 25.1. The van der Waals surface area contributed by atoms with Crippen molar-refractivity contribution < 1.29 is 14.3 Å². The van der Waals surface area contributed by atoms with Gasteiger partial charge < -0.3 is 4.74 Å². The number of benzene rings is 2. The number of ketones is 2. The first-order valence-corrected chi connectivity index (χ1v) is 6.41. The lowest BCUT2D eigenvalue weighted by Gasteiger charge is -2.19. The van der Waals surface area contributed by atoms with E-state index in [1.807, 2.05) is 19.9 Å². The van der Waals surface area contributed by atoms with Gasteiger partial charge in [-0.3, -0.25) is 9.59 Å². The molecule has 0 unspecified atom stereocenters. The maximum absolute atomic E-state index is 12.6. The van der Waals surface area contributed by atoms with Gasteiger partial charge in [-0.15, -0.1) is 0 Å². The third kappa shape index (κ3) is 1.67. The van der Waals surface area contributed by atoms with E-state index < -0.39 is 0 Å². The Morgan fingerprint density at radius 1 is 0.800 bits per heavy atom. The van der Waals surface area contributed by atoms with E-state index in [1.54, 1.807) is 31.4 Å². The third-order valence-corrected chi connectivity index (χ3v) is 3.69. The molecule has 20 heavy (non-hydrogen) atoms. The number of fused-ring (bicyclic) bond motifs is 2. The van der Waals surface area contributed by atoms with Gasteiger partial charge >= 0.3 is 0 Å². The van der Waals surface area contributed by atoms with Gasteiger partial charge in [0.25, 0.3) is 0 Å². The monoisotopic (exact) mass is 266 g/mol. The van der Waals surface area contributed by atoms with E-state index in [9.17, 15) is 9.59 Å². The summed E-state index contributed by atoms with van der Waals surface area (Å²) < 4.78 is 5.24. The molecule has 0 saturated heterocycles. The zero-order valence-electron chi connectivity index (χ0n) is 11.6. The van der Waals surface area contributed by atoms with Crippen LogP contribution in [0, 0.1) is 13.8 Å². The SMILES string of the molecule is COc1cc2c(cc1C)C(=O)c1ccc(C)cc1C2=O. The van der Waals surface area contributed by atoms with E-state index in [0.29, 0.717) is 28.0 Å². The summed E-state index contributed by atoms with van der Waals surface area (Å²) in [6.07, 6.45) is 0. The molecular formula is C17H14O3. The number of ether oxygens (including phenoxy) is 1. The van der Waals surface area contributed by atoms with Crippen LogP contribution in [0.1, 0.15) is 43.0 Å². The summed E-state index contributed by atoms with van der Waals surface area (Å²) in [5.41, 5.74) is 3.67. The Morgan fingerprint density at radius 3 is 2.10 bits per heavy atom. The van der Waals surface area contributed by atoms with Gasteiger partial charge in [0, 0.05) is 22.3 Å². The minimum atomic E-state index is -0.114. The first-order valence-electron chi connectivity index (χ1n) is 6.41. The Hall–Kier alpha value is -2.42. The smallest absolute Gasteiger partial charge is 0.194 e. The highest BCUT2D eigenvalue weighted by Gasteiger charge is 2.30. The van der Waals surface area contributed by atoms with Crippen LogP contribution in [0.4, 0.5) is 0 Å². The van der Waals surface area contributed by atoms with Crippen molar-refractivity contribution >= 4 is 11.6 Å². The van der Waals surface area contributed by atoms with Crippen LogP contribution in [0.3, 0.4) is 0 Å². The van der Waals surface area contributed by atoms with Gasteiger partial charge in [0.1, 0.15) is 5.75 Å². The summed E-state index contributed by atoms with van der Waals surface area (Å²) in [5.74, 6) is 0.415. The Bertz CT molecular complexity index is 757. The van der Waals surface area contributed by atoms with E-state index >= 15 is 0 Å². The van der Waals surface area contributed by atoms with Crippen LogP contribution < -0.4 is 4.74 Å². The average Bonchev–Trinajstić information content (AvgIpc) is 2.44. The molecule has 0 bridgehead atoms. The Kier molecular flexibility index (Phi) is 2.71. The molecule has 0 amide bonds. The molecule has 2 aromatic rings. The lowest BCUT2D eigenvalue weighted by Crippen LogP contribution is -2.21. The highest BCUT2D eigenvalue weighted by Crippen LogP contribution is 2.32. The maximum atomic E-state index is 12.6. The number of carbonyl (C=O) groups is 2. The van der Waals surface area contributed by atoms with Crippen molar-refractivity contribution in [3.8, 4) is 5.75 Å². The number of aryl methyl sites for hydroxylation is 2. The van der Waals surface area contributed by atoms with Gasteiger partial charge in [-0.25, -0.2) is 0 Å². The fourth-order valence-corrected chi connectivity index (χ4v) is 2.62. The molecule has 0 N–H and O–H groups in total. The molecule has 100 valence electrons. The van der Waals surface area contributed by atoms with Crippen molar-refractivity contribution in [1.29, 1.82) is 0 Å². The van der Waals surface area contributed by atoms with Crippen LogP contribution in [0.15, 0.2) is 30.3 Å². The summed E-state index contributed by atoms with van der Waals surface area (Å²) in [5, 5.41) is 0. The van der Waals surface area contributed by atoms with Gasteiger partial charge in [-0.1, -0.05) is 17.7 Å². The van der Waals surface area contributed by atoms with Crippen LogP contribution in [-0.4, -0.2) is 18.7 Å². The molecule has 0 heterocycles. The predicted molar refractivity (Wildman–Crippen MR) is 75.8 cm³/mol. The zero-order valence-corrected chi connectivity index (χ0v) is 11.6. The van der Waals surface area contributed by atoms with Crippen molar-refractivity contribution in [3.63, 3.8) is 0 Å². The van der Waals surface area contributed by atoms with Crippen molar-refractivity contribution in [3.05, 3.63) is 63.7 Å². The molecule has 1 aliphatic carbocycles. The zero-order chi connectivity index (χ0) is 14.4. The van der Waals surface area contributed by atoms with Crippen LogP contribution >= 0.6 is 0 Å². The number of methoxy groups -OCH3 is 1. The highest BCUT2D eigenvalue weighted by atomic mass is 16.5. The van der Waals surface area contributed by atoms with Gasteiger partial charge in [-0.2, -0.15) is 0 Å². The Balaban J connectivity index is 2.29. The second-order valence-corrected chi connectivity index (χ2v) is 5.07. The molecule has 0 aromatic heterocycles. The fourth-order valence-electron chi connectivity index (χ4n) is 2.62. The van der Waals surface area contributed by atoms with Crippen molar-refractivity contribution in [2.75, 3.05) is 7.11 Å². The topological polar surface area (TPSA) is 43.4 Å². The fraction of sp³-hybridized carbons (Fsp3) is 0.176. The molecule has 3 rings (SSSR count). The summed E-state index contributed by atoms with van der Waals surface area (Å²) in [6, 6.07) is 8.75. The summed E-state index contributed by atoms with van der Waals surface area (Å²) in [7, 11) is 1.56. The van der Waals surface area contributed by atoms with Crippen molar-refractivity contribution in [2.24, 2.45) is 0 Å². The maximum Gasteiger partial charge on any atom is 0.194 e. The molecule has 3 nitrogen and oxygen atoms in total. The summed E-state index contributed by atoms with van der Waals surface area (Å²) >= 11 is 0. The number of hydrogen-bond donors (Lipinski definition) is 0. The molecule has 2 aromatic carbocycles.